The number of hydrogen-bond donors (Lipinski definition) is 1. The molecule has 6 nitrogen and oxygen atoms in total. The van der Waals surface area contributed by atoms with Crippen molar-refractivity contribution in [2.24, 2.45) is 0 Å². The number of methoxy groups -OCH3 is 2. The lowest BCUT2D eigenvalue weighted by molar-refractivity contribution is 0.0162. The van der Waals surface area contributed by atoms with Crippen LogP contribution in [0.25, 0.3) is 0 Å². The van der Waals surface area contributed by atoms with Crippen LogP contribution in [-0.4, -0.2) is 57.9 Å². The summed E-state index contributed by atoms with van der Waals surface area (Å²) >= 11 is 0. The average Bonchev–Trinajstić information content (AvgIpc) is 2.74. The summed E-state index contributed by atoms with van der Waals surface area (Å²) in [4.78, 5) is 15.0. The van der Waals surface area contributed by atoms with E-state index >= 15 is 0 Å². The molecule has 2 aromatic rings. The molecule has 1 heterocycles. The molecule has 28 heavy (non-hydrogen) atoms. The summed E-state index contributed by atoms with van der Waals surface area (Å²) in [5, 5.41) is 3.11. The number of benzene rings is 2. The SMILES string of the molecule is COc1ccc([C@H](CNC(=O)c2ccccc2C)N2CCOCC2)cc1OC. The van der Waals surface area contributed by atoms with E-state index in [4.69, 9.17) is 14.2 Å². The van der Waals surface area contributed by atoms with Crippen molar-refractivity contribution >= 4 is 5.91 Å². The van der Waals surface area contributed by atoms with Gasteiger partial charge >= 0.3 is 0 Å². The number of rotatable bonds is 7. The number of ether oxygens (including phenoxy) is 3. The van der Waals surface area contributed by atoms with E-state index in [2.05, 4.69) is 10.2 Å². The number of nitrogens with one attached hydrogen (secondary N) is 1. The molecule has 1 saturated heterocycles. The van der Waals surface area contributed by atoms with E-state index in [9.17, 15) is 4.79 Å². The maximum Gasteiger partial charge on any atom is 0.251 e. The molecule has 1 fully saturated rings. The number of amides is 1. The average molecular weight is 384 g/mol. The number of aryl methyl sites for hydroxylation is 1. The van der Waals surface area contributed by atoms with Gasteiger partial charge in [-0.1, -0.05) is 24.3 Å². The highest BCUT2D eigenvalue weighted by Crippen LogP contribution is 2.32. The van der Waals surface area contributed by atoms with Crippen LogP contribution in [0.2, 0.25) is 0 Å². The van der Waals surface area contributed by atoms with Crippen LogP contribution >= 0.6 is 0 Å². The van der Waals surface area contributed by atoms with E-state index in [1.54, 1.807) is 14.2 Å². The fourth-order valence-electron chi connectivity index (χ4n) is 3.52. The second-order valence-corrected chi connectivity index (χ2v) is 6.80. The van der Waals surface area contributed by atoms with Crippen LogP contribution in [0.5, 0.6) is 11.5 Å². The molecule has 0 bridgehead atoms. The molecule has 0 saturated carbocycles. The molecular formula is C22H28N2O4. The van der Waals surface area contributed by atoms with Gasteiger partial charge in [0, 0.05) is 25.2 Å². The smallest absolute Gasteiger partial charge is 0.251 e. The van der Waals surface area contributed by atoms with Crippen molar-refractivity contribution in [3.63, 3.8) is 0 Å². The normalized spacial score (nSPS) is 15.7. The molecule has 1 aliphatic heterocycles. The van der Waals surface area contributed by atoms with Crippen LogP contribution in [-0.2, 0) is 4.74 Å². The van der Waals surface area contributed by atoms with Crippen LogP contribution in [0.15, 0.2) is 42.5 Å². The Kier molecular flexibility index (Phi) is 6.90. The number of nitrogens with zero attached hydrogens (tertiary/aromatic N) is 1. The molecule has 0 aromatic heterocycles. The van der Waals surface area contributed by atoms with E-state index in [-0.39, 0.29) is 11.9 Å². The minimum absolute atomic E-state index is 0.0247. The Hall–Kier alpha value is -2.57. The summed E-state index contributed by atoms with van der Waals surface area (Å²) in [6.45, 7) is 5.47. The predicted molar refractivity (Wildman–Crippen MR) is 108 cm³/mol. The van der Waals surface area contributed by atoms with Gasteiger partial charge in [-0.15, -0.1) is 0 Å². The van der Waals surface area contributed by atoms with E-state index in [1.165, 1.54) is 0 Å². The molecule has 0 unspecified atom stereocenters. The molecule has 2 aromatic carbocycles. The van der Waals surface area contributed by atoms with Crippen molar-refractivity contribution in [1.82, 2.24) is 10.2 Å². The number of carbonyl (C=O) groups is 1. The van der Waals surface area contributed by atoms with E-state index in [0.29, 0.717) is 36.8 Å². The monoisotopic (exact) mass is 384 g/mol. The van der Waals surface area contributed by atoms with Gasteiger partial charge in [-0.2, -0.15) is 0 Å². The molecule has 150 valence electrons. The second kappa shape index (κ2) is 9.57. The van der Waals surface area contributed by atoms with Crippen molar-refractivity contribution in [1.29, 1.82) is 0 Å². The first-order valence-electron chi connectivity index (χ1n) is 9.51. The largest absolute Gasteiger partial charge is 0.493 e. The summed E-state index contributed by atoms with van der Waals surface area (Å²) < 4.78 is 16.3. The van der Waals surface area contributed by atoms with Crippen molar-refractivity contribution in [2.75, 3.05) is 47.1 Å². The minimum Gasteiger partial charge on any atom is -0.493 e. The van der Waals surface area contributed by atoms with Crippen molar-refractivity contribution in [3.8, 4) is 11.5 Å². The van der Waals surface area contributed by atoms with Gasteiger partial charge in [0.25, 0.3) is 5.91 Å². The van der Waals surface area contributed by atoms with Crippen LogP contribution in [0.1, 0.15) is 27.5 Å². The first kappa shape index (κ1) is 20.2. The lowest BCUT2D eigenvalue weighted by atomic mass is 10.0. The fraction of sp³-hybridized carbons (Fsp3) is 0.409. The molecule has 3 rings (SSSR count). The summed E-state index contributed by atoms with van der Waals surface area (Å²) in [5.41, 5.74) is 2.74. The molecule has 0 aliphatic carbocycles. The van der Waals surface area contributed by atoms with E-state index in [1.807, 2.05) is 49.4 Å². The lowest BCUT2D eigenvalue weighted by Gasteiger charge is -2.35. The van der Waals surface area contributed by atoms with Crippen LogP contribution < -0.4 is 14.8 Å². The van der Waals surface area contributed by atoms with Crippen LogP contribution in [0.3, 0.4) is 0 Å². The highest BCUT2D eigenvalue weighted by molar-refractivity contribution is 5.95. The molecule has 1 atom stereocenters. The van der Waals surface area contributed by atoms with Crippen LogP contribution in [0, 0.1) is 6.92 Å². The quantitative estimate of drug-likeness (QED) is 0.795. The second-order valence-electron chi connectivity index (χ2n) is 6.80. The summed E-state index contributed by atoms with van der Waals surface area (Å²) in [6, 6.07) is 13.6. The molecule has 0 spiro atoms. The Balaban J connectivity index is 1.81. The fourth-order valence-corrected chi connectivity index (χ4v) is 3.52. The third-order valence-corrected chi connectivity index (χ3v) is 5.12. The molecule has 1 aliphatic rings. The Morgan fingerprint density at radius 1 is 1.11 bits per heavy atom. The standard InChI is InChI=1S/C22H28N2O4/c1-16-6-4-5-7-18(16)22(25)23-15-19(24-10-12-28-13-11-24)17-8-9-20(26-2)21(14-17)27-3/h4-9,14,19H,10-13,15H2,1-3H3,(H,23,25)/t19-/m0/s1. The maximum atomic E-state index is 12.7. The Labute approximate surface area is 166 Å². The first-order chi connectivity index (χ1) is 13.6. The third-order valence-electron chi connectivity index (χ3n) is 5.12. The Morgan fingerprint density at radius 3 is 2.50 bits per heavy atom. The molecule has 0 radical (unpaired) electrons. The van der Waals surface area contributed by atoms with Gasteiger partial charge in [-0.05, 0) is 36.2 Å². The topological polar surface area (TPSA) is 60.0 Å². The highest BCUT2D eigenvalue weighted by atomic mass is 16.5. The predicted octanol–water partition coefficient (Wildman–Crippen LogP) is 2.82. The lowest BCUT2D eigenvalue weighted by Crippen LogP contribution is -2.43. The molecule has 1 N–H and O–H groups in total. The van der Waals surface area contributed by atoms with Crippen molar-refractivity contribution in [2.45, 2.75) is 13.0 Å². The first-order valence-corrected chi connectivity index (χ1v) is 9.51. The zero-order valence-corrected chi connectivity index (χ0v) is 16.7. The van der Waals surface area contributed by atoms with Gasteiger partial charge in [0.2, 0.25) is 0 Å². The van der Waals surface area contributed by atoms with Gasteiger partial charge < -0.3 is 19.5 Å². The maximum absolute atomic E-state index is 12.7. The number of hydrogen-bond acceptors (Lipinski definition) is 5. The van der Waals surface area contributed by atoms with Gasteiger partial charge in [0.1, 0.15) is 0 Å². The Bertz CT molecular complexity index is 803. The molecule has 6 heteroatoms. The number of carbonyl (C=O) groups excluding carboxylic acids is 1. The van der Waals surface area contributed by atoms with Gasteiger partial charge in [0.15, 0.2) is 11.5 Å². The molecule has 1 amide bonds. The zero-order chi connectivity index (χ0) is 19.9. The minimum atomic E-state index is -0.0585. The van der Waals surface area contributed by atoms with E-state index < -0.39 is 0 Å². The summed E-state index contributed by atoms with van der Waals surface area (Å²) in [6.07, 6.45) is 0. The highest BCUT2D eigenvalue weighted by Gasteiger charge is 2.24. The third kappa shape index (κ3) is 4.64. The van der Waals surface area contributed by atoms with Gasteiger partial charge in [-0.3, -0.25) is 9.69 Å². The molecular weight excluding hydrogens is 356 g/mol. The summed E-state index contributed by atoms with van der Waals surface area (Å²) in [5.74, 6) is 1.32. The zero-order valence-electron chi connectivity index (χ0n) is 16.7. The van der Waals surface area contributed by atoms with Gasteiger partial charge in [0.05, 0.1) is 33.5 Å². The Morgan fingerprint density at radius 2 is 1.82 bits per heavy atom. The number of morpholine rings is 1. The summed E-state index contributed by atoms with van der Waals surface area (Å²) in [7, 11) is 3.25. The van der Waals surface area contributed by atoms with Crippen molar-refractivity contribution in [3.05, 3.63) is 59.2 Å². The van der Waals surface area contributed by atoms with E-state index in [0.717, 1.165) is 24.2 Å². The van der Waals surface area contributed by atoms with Crippen molar-refractivity contribution < 1.29 is 19.0 Å². The van der Waals surface area contributed by atoms with Gasteiger partial charge in [-0.25, -0.2) is 0 Å². The van der Waals surface area contributed by atoms with Crippen LogP contribution in [0.4, 0.5) is 0 Å².